The van der Waals surface area contributed by atoms with Crippen LogP contribution in [0.25, 0.3) is 0 Å². The Hall–Kier alpha value is -1.05. The first-order chi connectivity index (χ1) is 6.47. The number of hydrogen-bond acceptors (Lipinski definition) is 2. The van der Waals surface area contributed by atoms with Crippen LogP contribution in [-0.4, -0.2) is 18.5 Å². The van der Waals surface area contributed by atoms with Crippen molar-refractivity contribution < 1.29 is 4.74 Å². The number of aliphatic imine (C=N–C) groups is 1. The van der Waals surface area contributed by atoms with Crippen molar-refractivity contribution in [2.24, 2.45) is 4.99 Å². The van der Waals surface area contributed by atoms with Crippen molar-refractivity contribution in [3.05, 3.63) is 24.3 Å². The summed E-state index contributed by atoms with van der Waals surface area (Å²) in [6, 6.07) is 0.245. The van der Waals surface area contributed by atoms with Crippen LogP contribution in [0, 0.1) is 0 Å². The van der Waals surface area contributed by atoms with Gasteiger partial charge in [-0.2, -0.15) is 0 Å². The van der Waals surface area contributed by atoms with Crippen molar-refractivity contribution in [1.29, 1.82) is 0 Å². The molecule has 1 heterocycles. The summed E-state index contributed by atoms with van der Waals surface area (Å²) < 4.78 is 5.13. The molecule has 2 heteroatoms. The lowest BCUT2D eigenvalue weighted by molar-refractivity contribution is 0.264. The van der Waals surface area contributed by atoms with Gasteiger partial charge in [0.15, 0.2) is 6.40 Å². The summed E-state index contributed by atoms with van der Waals surface area (Å²) in [5.41, 5.74) is 0. The summed E-state index contributed by atoms with van der Waals surface area (Å²) >= 11 is 0. The van der Waals surface area contributed by atoms with Crippen LogP contribution in [0.5, 0.6) is 0 Å². The van der Waals surface area contributed by atoms with Crippen LogP contribution in [0.1, 0.15) is 27.7 Å². The highest BCUT2D eigenvalue weighted by Gasteiger charge is 2.21. The van der Waals surface area contributed by atoms with E-state index in [2.05, 4.69) is 4.99 Å². The van der Waals surface area contributed by atoms with E-state index in [-0.39, 0.29) is 12.1 Å². The number of allylic oxidation sites excluding steroid dienone is 2. The number of nitrogens with zero attached hydrogens (tertiary/aromatic N) is 1. The summed E-state index contributed by atoms with van der Waals surface area (Å²) in [7, 11) is 0. The van der Waals surface area contributed by atoms with E-state index < -0.39 is 0 Å². The minimum absolute atomic E-state index is 0.176. The van der Waals surface area contributed by atoms with Crippen molar-refractivity contribution in [3.63, 3.8) is 0 Å². The van der Waals surface area contributed by atoms with Crippen LogP contribution >= 0.6 is 0 Å². The Morgan fingerprint density at radius 2 is 1.62 bits per heavy atom. The predicted octanol–water partition coefficient (Wildman–Crippen LogP) is 2.96. The van der Waals surface area contributed by atoms with Gasteiger partial charge >= 0.3 is 0 Å². The van der Waals surface area contributed by atoms with Crippen molar-refractivity contribution in [3.8, 4) is 0 Å². The molecule has 1 aliphatic heterocycles. The third-order valence-electron chi connectivity index (χ3n) is 1.51. The minimum atomic E-state index is 0.176. The maximum Gasteiger partial charge on any atom is 0.171 e. The number of hydrogen-bond donors (Lipinski definition) is 0. The molecular formula is C11H19NO. The second kappa shape index (κ2) is 7.59. The Balaban J connectivity index is 0.000000322. The summed E-state index contributed by atoms with van der Waals surface area (Å²) in [4.78, 5) is 4.07. The van der Waals surface area contributed by atoms with Gasteiger partial charge in [0.05, 0.1) is 0 Å². The predicted molar refractivity (Wildman–Crippen MR) is 58.1 cm³/mol. The van der Waals surface area contributed by atoms with Gasteiger partial charge in [-0.1, -0.05) is 45.9 Å². The monoisotopic (exact) mass is 181 g/mol. The van der Waals surface area contributed by atoms with Gasteiger partial charge in [-0.15, -0.1) is 0 Å². The molecule has 0 spiro atoms. The summed E-state index contributed by atoms with van der Waals surface area (Å²) in [6.07, 6.45) is 9.72. The van der Waals surface area contributed by atoms with E-state index in [1.54, 1.807) is 0 Å². The second-order valence-electron chi connectivity index (χ2n) is 2.12. The Morgan fingerprint density at radius 1 is 1.00 bits per heavy atom. The third kappa shape index (κ3) is 3.45. The highest BCUT2D eigenvalue weighted by molar-refractivity contribution is 5.52. The van der Waals surface area contributed by atoms with E-state index >= 15 is 0 Å². The smallest absolute Gasteiger partial charge is 0.171 e. The zero-order valence-corrected chi connectivity index (χ0v) is 8.90. The maximum atomic E-state index is 5.13. The van der Waals surface area contributed by atoms with Crippen molar-refractivity contribution in [2.75, 3.05) is 0 Å². The highest BCUT2D eigenvalue weighted by atomic mass is 16.5. The summed E-state index contributed by atoms with van der Waals surface area (Å²) in [5.74, 6) is 0. The molecule has 0 radical (unpaired) electrons. The lowest BCUT2D eigenvalue weighted by atomic mass is 10.1. The van der Waals surface area contributed by atoms with E-state index in [9.17, 15) is 0 Å². The summed E-state index contributed by atoms with van der Waals surface area (Å²) in [5, 5.41) is 0. The first-order valence-electron chi connectivity index (χ1n) is 4.99. The Morgan fingerprint density at radius 3 is 2.23 bits per heavy atom. The Bertz CT molecular complexity index is 194. The molecule has 74 valence electrons. The number of ether oxygens (including phenoxy) is 1. The normalized spacial score (nSPS) is 26.2. The van der Waals surface area contributed by atoms with Gasteiger partial charge in [0.25, 0.3) is 0 Å². The quantitative estimate of drug-likeness (QED) is 0.563. The first-order valence-corrected chi connectivity index (χ1v) is 4.99. The van der Waals surface area contributed by atoms with Gasteiger partial charge in [-0.05, 0) is 6.08 Å². The molecule has 2 unspecified atom stereocenters. The van der Waals surface area contributed by atoms with Gasteiger partial charge in [0.1, 0.15) is 12.1 Å². The zero-order chi connectivity index (χ0) is 10.1. The van der Waals surface area contributed by atoms with Crippen molar-refractivity contribution >= 4 is 6.40 Å². The van der Waals surface area contributed by atoms with Crippen LogP contribution < -0.4 is 0 Å². The van der Waals surface area contributed by atoms with Crippen LogP contribution in [0.2, 0.25) is 0 Å². The van der Waals surface area contributed by atoms with Crippen LogP contribution in [0.3, 0.4) is 0 Å². The standard InChI is InChI=1S/C7H7NO.2C2H6/c1-2-4-7-6(3-1)8-5-9-7;2*1-2/h1-7H;2*1-2H3. The molecule has 0 aromatic carbocycles. The zero-order valence-electron chi connectivity index (χ0n) is 8.90. The molecule has 0 saturated heterocycles. The van der Waals surface area contributed by atoms with E-state index in [4.69, 9.17) is 4.74 Å². The molecule has 1 aliphatic carbocycles. The molecule has 0 bridgehead atoms. The fourth-order valence-corrected chi connectivity index (χ4v) is 1.01. The lowest BCUT2D eigenvalue weighted by Crippen LogP contribution is -2.18. The van der Waals surface area contributed by atoms with E-state index in [0.29, 0.717) is 0 Å². The fourth-order valence-electron chi connectivity index (χ4n) is 1.01. The van der Waals surface area contributed by atoms with Crippen LogP contribution in [-0.2, 0) is 4.74 Å². The lowest BCUT2D eigenvalue weighted by Gasteiger charge is -2.10. The molecule has 2 nitrogen and oxygen atoms in total. The van der Waals surface area contributed by atoms with E-state index in [1.807, 2.05) is 52.0 Å². The average molecular weight is 181 g/mol. The van der Waals surface area contributed by atoms with Gasteiger partial charge in [-0.25, -0.2) is 4.99 Å². The molecule has 2 atom stereocenters. The Kier molecular flexibility index (Phi) is 6.98. The molecule has 2 aliphatic rings. The third-order valence-corrected chi connectivity index (χ3v) is 1.51. The van der Waals surface area contributed by atoms with Gasteiger partial charge in [0.2, 0.25) is 0 Å². The van der Waals surface area contributed by atoms with Crippen molar-refractivity contribution in [2.45, 2.75) is 39.8 Å². The molecule has 0 fully saturated rings. The van der Waals surface area contributed by atoms with Crippen molar-refractivity contribution in [1.82, 2.24) is 0 Å². The van der Waals surface area contributed by atoms with Crippen LogP contribution in [0.4, 0.5) is 0 Å². The molecule has 13 heavy (non-hydrogen) atoms. The Labute approximate surface area is 81.0 Å². The van der Waals surface area contributed by atoms with E-state index in [1.165, 1.54) is 6.40 Å². The molecular weight excluding hydrogens is 162 g/mol. The molecule has 2 rings (SSSR count). The average Bonchev–Trinajstić information content (AvgIpc) is 2.71. The maximum absolute atomic E-state index is 5.13. The number of fused-ring (bicyclic) bond motifs is 1. The van der Waals surface area contributed by atoms with E-state index in [0.717, 1.165) is 0 Å². The SMILES string of the molecule is C1=CC2N=COC2C=C1.CC.CC. The first kappa shape index (κ1) is 11.9. The highest BCUT2D eigenvalue weighted by Crippen LogP contribution is 2.15. The fraction of sp³-hybridized carbons (Fsp3) is 0.545. The molecule has 0 aromatic rings. The molecule has 0 N–H and O–H groups in total. The van der Waals surface area contributed by atoms with Gasteiger partial charge in [0, 0.05) is 0 Å². The minimum Gasteiger partial charge on any atom is -0.474 e. The molecule has 0 aromatic heterocycles. The largest absolute Gasteiger partial charge is 0.474 e. The summed E-state index contributed by atoms with van der Waals surface area (Å²) in [6.45, 7) is 8.00. The second-order valence-corrected chi connectivity index (χ2v) is 2.12. The van der Waals surface area contributed by atoms with Gasteiger partial charge < -0.3 is 4.74 Å². The van der Waals surface area contributed by atoms with Gasteiger partial charge in [-0.3, -0.25) is 0 Å². The van der Waals surface area contributed by atoms with Crippen LogP contribution in [0.15, 0.2) is 29.3 Å². The topological polar surface area (TPSA) is 21.6 Å². The molecule has 0 saturated carbocycles. The molecule has 0 amide bonds. The number of rotatable bonds is 0.